The van der Waals surface area contributed by atoms with Crippen LogP contribution in [0.2, 0.25) is 0 Å². The third-order valence-corrected chi connectivity index (χ3v) is 8.66. The number of hydrogen-bond donors (Lipinski definition) is 1. The Bertz CT molecular complexity index is 1220. The van der Waals surface area contributed by atoms with E-state index < -0.39 is 5.97 Å². The second-order valence-corrected chi connectivity index (χ2v) is 11.3. The van der Waals surface area contributed by atoms with Gasteiger partial charge < -0.3 is 15.0 Å². The smallest absolute Gasteiger partial charge is 0.341 e. The van der Waals surface area contributed by atoms with Crippen LogP contribution < -0.4 is 5.32 Å². The Morgan fingerprint density at radius 1 is 0.842 bits per heavy atom. The highest BCUT2D eigenvalue weighted by atomic mass is 32.1. The van der Waals surface area contributed by atoms with Gasteiger partial charge in [-0.25, -0.2) is 4.79 Å². The van der Waals surface area contributed by atoms with E-state index in [2.05, 4.69) is 5.32 Å². The van der Waals surface area contributed by atoms with Gasteiger partial charge in [-0.2, -0.15) is 0 Å². The van der Waals surface area contributed by atoms with Gasteiger partial charge >= 0.3 is 5.97 Å². The van der Waals surface area contributed by atoms with Crippen LogP contribution in [0.1, 0.15) is 70.5 Å². The molecule has 2 aromatic carbocycles. The van der Waals surface area contributed by atoms with Gasteiger partial charge in [-0.05, 0) is 48.8 Å². The average molecular weight is 531 g/mol. The first-order valence-corrected chi connectivity index (χ1v) is 14.4. The van der Waals surface area contributed by atoms with Crippen molar-refractivity contribution in [1.82, 2.24) is 4.90 Å². The number of carbonyl (C=O) groups excluding carboxylic acids is 3. The topological polar surface area (TPSA) is 75.7 Å². The minimum atomic E-state index is -0.531. The molecule has 1 fully saturated rings. The summed E-state index contributed by atoms with van der Waals surface area (Å²) in [5, 5.41) is 3.63. The number of amides is 2. The van der Waals surface area contributed by atoms with Crippen LogP contribution in [-0.2, 0) is 40.3 Å². The number of carbonyl (C=O) groups is 3. The van der Waals surface area contributed by atoms with E-state index >= 15 is 0 Å². The predicted octanol–water partition coefficient (Wildman–Crippen LogP) is 6.14. The minimum absolute atomic E-state index is 0.00401. The first-order chi connectivity index (χ1) is 18.6. The van der Waals surface area contributed by atoms with Gasteiger partial charge in [0.2, 0.25) is 5.91 Å². The molecule has 0 saturated heterocycles. The van der Waals surface area contributed by atoms with Gasteiger partial charge in [0.05, 0.1) is 5.56 Å². The van der Waals surface area contributed by atoms with Crippen LogP contribution in [0.25, 0.3) is 0 Å². The molecule has 2 aliphatic carbocycles. The maximum Gasteiger partial charge on any atom is 0.341 e. The molecule has 3 aromatic rings. The average Bonchev–Trinajstić information content (AvgIpc) is 3.54. The van der Waals surface area contributed by atoms with Crippen molar-refractivity contribution < 1.29 is 19.1 Å². The Labute approximate surface area is 228 Å². The van der Waals surface area contributed by atoms with E-state index in [-0.39, 0.29) is 24.3 Å². The van der Waals surface area contributed by atoms with E-state index in [0.717, 1.165) is 66.5 Å². The zero-order valence-corrected chi connectivity index (χ0v) is 22.4. The van der Waals surface area contributed by atoms with E-state index in [9.17, 15) is 14.4 Å². The van der Waals surface area contributed by atoms with Gasteiger partial charge in [-0.15, -0.1) is 11.3 Å². The summed E-state index contributed by atoms with van der Waals surface area (Å²) in [5.41, 5.74) is 3.42. The number of anilines is 1. The van der Waals surface area contributed by atoms with E-state index in [1.807, 2.05) is 60.7 Å². The van der Waals surface area contributed by atoms with Crippen molar-refractivity contribution in [2.24, 2.45) is 5.92 Å². The lowest BCUT2D eigenvalue weighted by molar-refractivity contribution is -0.135. The molecule has 1 saturated carbocycles. The number of thiophene rings is 1. The third-order valence-electron chi connectivity index (χ3n) is 7.45. The zero-order chi connectivity index (χ0) is 26.3. The molecule has 0 bridgehead atoms. The standard InChI is InChI=1S/C31H34N2O4S/c34-27(33(19-22-11-4-1-5-12-22)20-23-13-6-2-7-14-23)21-37-31(36)28-25-17-10-18-26(25)38-30(28)32-29(35)24-15-8-3-9-16-24/h1-2,4-7,11-14,24H,3,8-10,15-21H2,(H,32,35). The van der Waals surface area contributed by atoms with E-state index in [0.29, 0.717) is 23.7 Å². The van der Waals surface area contributed by atoms with E-state index in [1.165, 1.54) is 17.8 Å². The fraction of sp³-hybridized carbons (Fsp3) is 0.387. The molecular weight excluding hydrogens is 496 g/mol. The van der Waals surface area contributed by atoms with Crippen molar-refractivity contribution in [3.63, 3.8) is 0 Å². The van der Waals surface area contributed by atoms with Crippen LogP contribution in [0.3, 0.4) is 0 Å². The van der Waals surface area contributed by atoms with Crippen LogP contribution >= 0.6 is 11.3 Å². The molecule has 2 amide bonds. The van der Waals surface area contributed by atoms with Gasteiger partial charge in [0.1, 0.15) is 5.00 Å². The molecule has 198 valence electrons. The molecule has 6 nitrogen and oxygen atoms in total. The number of esters is 1. The summed E-state index contributed by atoms with van der Waals surface area (Å²) in [7, 11) is 0. The van der Waals surface area contributed by atoms with Crippen LogP contribution in [-0.4, -0.2) is 29.3 Å². The maximum atomic E-state index is 13.4. The van der Waals surface area contributed by atoms with Crippen molar-refractivity contribution in [2.75, 3.05) is 11.9 Å². The van der Waals surface area contributed by atoms with Crippen molar-refractivity contribution in [1.29, 1.82) is 0 Å². The molecule has 0 unspecified atom stereocenters. The third kappa shape index (κ3) is 6.33. The Morgan fingerprint density at radius 2 is 1.47 bits per heavy atom. The highest BCUT2D eigenvalue weighted by Gasteiger charge is 2.31. The monoisotopic (exact) mass is 530 g/mol. The van der Waals surface area contributed by atoms with Crippen molar-refractivity contribution >= 4 is 34.1 Å². The van der Waals surface area contributed by atoms with Gasteiger partial charge in [0, 0.05) is 23.9 Å². The molecule has 1 heterocycles. The van der Waals surface area contributed by atoms with Gasteiger partial charge in [0.25, 0.3) is 5.91 Å². The molecule has 0 atom stereocenters. The lowest BCUT2D eigenvalue weighted by Gasteiger charge is -2.23. The predicted molar refractivity (Wildman–Crippen MR) is 149 cm³/mol. The number of hydrogen-bond acceptors (Lipinski definition) is 5. The highest BCUT2D eigenvalue weighted by molar-refractivity contribution is 7.17. The summed E-state index contributed by atoms with van der Waals surface area (Å²) in [6.07, 6.45) is 7.77. The summed E-state index contributed by atoms with van der Waals surface area (Å²) in [5.74, 6) is -0.802. The molecule has 5 rings (SSSR count). The second kappa shape index (κ2) is 12.4. The van der Waals surface area contributed by atoms with Crippen LogP contribution in [0.5, 0.6) is 0 Å². The Balaban J connectivity index is 1.28. The molecular formula is C31H34N2O4S. The summed E-state index contributed by atoms with van der Waals surface area (Å²) in [6.45, 7) is 0.491. The fourth-order valence-corrected chi connectivity index (χ4v) is 6.70. The van der Waals surface area contributed by atoms with Gasteiger partial charge in [-0.1, -0.05) is 79.9 Å². The highest BCUT2D eigenvalue weighted by Crippen LogP contribution is 2.40. The van der Waals surface area contributed by atoms with Crippen molar-refractivity contribution in [3.8, 4) is 0 Å². The molecule has 1 N–H and O–H groups in total. The quantitative estimate of drug-likeness (QED) is 0.337. The second-order valence-electron chi connectivity index (χ2n) is 10.2. The number of benzene rings is 2. The first-order valence-electron chi connectivity index (χ1n) is 13.6. The number of aryl methyl sites for hydroxylation is 1. The Morgan fingerprint density at radius 3 is 2.11 bits per heavy atom. The summed E-state index contributed by atoms with van der Waals surface area (Å²) in [6, 6.07) is 19.6. The van der Waals surface area contributed by atoms with Gasteiger partial charge in [-0.3, -0.25) is 9.59 Å². The molecule has 2 aliphatic rings. The molecule has 0 spiro atoms. The van der Waals surface area contributed by atoms with Crippen molar-refractivity contribution in [3.05, 3.63) is 87.8 Å². The largest absolute Gasteiger partial charge is 0.452 e. The number of nitrogens with zero attached hydrogens (tertiary/aromatic N) is 1. The SMILES string of the molecule is O=C(OCC(=O)N(Cc1ccccc1)Cc1ccccc1)c1c(NC(=O)C2CCCCC2)sc2c1CCC2. The fourth-order valence-electron chi connectivity index (χ4n) is 5.42. The zero-order valence-electron chi connectivity index (χ0n) is 21.6. The van der Waals surface area contributed by atoms with Gasteiger partial charge in [0.15, 0.2) is 6.61 Å². The number of nitrogens with one attached hydrogen (secondary N) is 1. The number of rotatable bonds is 9. The lowest BCUT2D eigenvalue weighted by atomic mass is 9.89. The van der Waals surface area contributed by atoms with Crippen LogP contribution in [0, 0.1) is 5.92 Å². The van der Waals surface area contributed by atoms with Crippen LogP contribution in [0.4, 0.5) is 5.00 Å². The normalized spacial score (nSPS) is 15.1. The summed E-state index contributed by atoms with van der Waals surface area (Å²) >= 11 is 1.49. The minimum Gasteiger partial charge on any atom is -0.452 e. The molecule has 7 heteroatoms. The molecule has 38 heavy (non-hydrogen) atoms. The van der Waals surface area contributed by atoms with E-state index in [1.54, 1.807) is 4.90 Å². The summed E-state index contributed by atoms with van der Waals surface area (Å²) < 4.78 is 5.62. The number of ether oxygens (including phenoxy) is 1. The Hall–Kier alpha value is -3.45. The van der Waals surface area contributed by atoms with E-state index in [4.69, 9.17) is 4.74 Å². The molecule has 0 radical (unpaired) electrons. The molecule has 0 aliphatic heterocycles. The summed E-state index contributed by atoms with van der Waals surface area (Å²) in [4.78, 5) is 42.5. The molecule has 1 aromatic heterocycles. The number of fused-ring (bicyclic) bond motifs is 1. The Kier molecular flexibility index (Phi) is 8.54. The maximum absolute atomic E-state index is 13.4. The van der Waals surface area contributed by atoms with Crippen LogP contribution in [0.15, 0.2) is 60.7 Å². The lowest BCUT2D eigenvalue weighted by Crippen LogP contribution is -2.34. The van der Waals surface area contributed by atoms with Crippen molar-refractivity contribution in [2.45, 2.75) is 64.5 Å². The first kappa shape index (κ1) is 26.2.